The van der Waals surface area contributed by atoms with E-state index in [1.807, 2.05) is 71.6 Å². The molecule has 0 unspecified atom stereocenters. The molecule has 1 saturated carbocycles. The number of hydrogen-bond acceptors (Lipinski definition) is 2. The van der Waals surface area contributed by atoms with E-state index in [0.717, 1.165) is 28.8 Å². The molecule has 5 heteroatoms. The summed E-state index contributed by atoms with van der Waals surface area (Å²) in [5.41, 5.74) is 4.28. The Morgan fingerprint density at radius 1 is 1.06 bits per heavy atom. The molecule has 0 N–H and O–H groups in total. The first kappa shape index (κ1) is 19.8. The van der Waals surface area contributed by atoms with Crippen LogP contribution in [-0.2, 0) is 16.8 Å². The van der Waals surface area contributed by atoms with Gasteiger partial charge in [0.05, 0.1) is 12.0 Å². The van der Waals surface area contributed by atoms with Gasteiger partial charge in [0.2, 0.25) is 5.91 Å². The van der Waals surface area contributed by atoms with Crippen LogP contribution in [0.3, 0.4) is 0 Å². The van der Waals surface area contributed by atoms with Gasteiger partial charge in [-0.1, -0.05) is 54.1 Å². The van der Waals surface area contributed by atoms with Crippen LogP contribution in [0.15, 0.2) is 72.8 Å². The molecule has 1 fully saturated rings. The third-order valence-electron chi connectivity index (χ3n) is 6.46. The number of halogens is 1. The molecular weight excluding hydrogens is 408 g/mol. The van der Waals surface area contributed by atoms with Crippen molar-refractivity contribution in [2.45, 2.75) is 24.3 Å². The molecule has 1 aliphatic carbocycles. The molecule has 2 atom stereocenters. The van der Waals surface area contributed by atoms with Crippen LogP contribution in [-0.4, -0.2) is 30.8 Å². The van der Waals surface area contributed by atoms with Crippen molar-refractivity contribution in [2.75, 3.05) is 19.0 Å². The maximum atomic E-state index is 13.8. The first-order chi connectivity index (χ1) is 14.9. The third kappa shape index (κ3) is 3.14. The number of carbonyl (C=O) groups is 2. The number of nitrogens with zero attached hydrogens (tertiary/aromatic N) is 2. The average molecular weight is 431 g/mol. The van der Waals surface area contributed by atoms with Crippen molar-refractivity contribution in [3.63, 3.8) is 0 Å². The fourth-order valence-electron chi connectivity index (χ4n) is 4.85. The summed E-state index contributed by atoms with van der Waals surface area (Å²) in [5, 5.41) is 0.699. The molecule has 156 valence electrons. The fraction of sp³-hybridized carbons (Fsp3) is 0.231. The molecular formula is C26H23ClN2O2. The number of amides is 2. The zero-order chi connectivity index (χ0) is 21.8. The molecule has 0 bridgehead atoms. The second-order valence-electron chi connectivity index (χ2n) is 8.59. The Hall–Kier alpha value is -3.11. The van der Waals surface area contributed by atoms with Crippen molar-refractivity contribution < 1.29 is 9.59 Å². The van der Waals surface area contributed by atoms with Gasteiger partial charge in [-0.15, -0.1) is 0 Å². The molecule has 1 heterocycles. The van der Waals surface area contributed by atoms with Crippen LogP contribution in [0, 0.1) is 0 Å². The number of benzene rings is 3. The number of para-hydroxylation sites is 1. The Bertz CT molecular complexity index is 1190. The smallest absolute Gasteiger partial charge is 0.253 e. The summed E-state index contributed by atoms with van der Waals surface area (Å²) >= 11 is 6.06. The number of fused-ring (bicyclic) bond motifs is 2. The van der Waals surface area contributed by atoms with Gasteiger partial charge in [-0.05, 0) is 53.4 Å². The maximum absolute atomic E-state index is 13.8. The number of rotatable bonds is 4. The Morgan fingerprint density at radius 3 is 2.55 bits per heavy atom. The molecule has 0 saturated heterocycles. The van der Waals surface area contributed by atoms with Crippen molar-refractivity contribution in [3.8, 4) is 0 Å². The van der Waals surface area contributed by atoms with Gasteiger partial charge in [0, 0.05) is 36.3 Å². The molecule has 4 nitrogen and oxygen atoms in total. The third-order valence-corrected chi connectivity index (χ3v) is 6.71. The van der Waals surface area contributed by atoms with Crippen LogP contribution < -0.4 is 4.90 Å². The lowest BCUT2D eigenvalue weighted by atomic mass is 9.92. The summed E-state index contributed by atoms with van der Waals surface area (Å²) in [4.78, 5) is 29.6. The SMILES string of the molecule is CN(C)C(=O)c1cccc(CN2C(=O)[C@]3(C[C@@H]3c3ccc(Cl)cc3)c3ccccc32)c1. The maximum Gasteiger partial charge on any atom is 0.253 e. The van der Waals surface area contributed by atoms with E-state index in [9.17, 15) is 9.59 Å². The van der Waals surface area contributed by atoms with E-state index in [0.29, 0.717) is 17.1 Å². The second-order valence-corrected chi connectivity index (χ2v) is 9.02. The highest BCUT2D eigenvalue weighted by atomic mass is 35.5. The van der Waals surface area contributed by atoms with Crippen LogP contribution in [0.4, 0.5) is 5.69 Å². The first-order valence-electron chi connectivity index (χ1n) is 10.4. The van der Waals surface area contributed by atoms with Crippen molar-refractivity contribution in [1.29, 1.82) is 0 Å². The summed E-state index contributed by atoms with van der Waals surface area (Å²) < 4.78 is 0. The normalized spacial score (nSPS) is 21.3. The van der Waals surface area contributed by atoms with Gasteiger partial charge in [0.25, 0.3) is 5.91 Å². The minimum absolute atomic E-state index is 0.0449. The predicted molar refractivity (Wildman–Crippen MR) is 123 cm³/mol. The average Bonchev–Trinajstić information content (AvgIpc) is 3.49. The van der Waals surface area contributed by atoms with Crippen LogP contribution in [0.25, 0.3) is 0 Å². The summed E-state index contributed by atoms with van der Waals surface area (Å²) in [6.07, 6.45) is 0.806. The van der Waals surface area contributed by atoms with Crippen molar-refractivity contribution >= 4 is 29.1 Å². The zero-order valence-corrected chi connectivity index (χ0v) is 18.3. The van der Waals surface area contributed by atoms with Gasteiger partial charge in [-0.25, -0.2) is 0 Å². The highest BCUT2D eigenvalue weighted by Crippen LogP contribution is 2.66. The van der Waals surface area contributed by atoms with E-state index >= 15 is 0 Å². The lowest BCUT2D eigenvalue weighted by Gasteiger charge is -2.19. The second kappa shape index (κ2) is 7.24. The van der Waals surface area contributed by atoms with E-state index in [2.05, 4.69) is 6.07 Å². The molecule has 3 aromatic carbocycles. The topological polar surface area (TPSA) is 40.6 Å². The monoisotopic (exact) mass is 430 g/mol. The van der Waals surface area contributed by atoms with E-state index in [1.165, 1.54) is 0 Å². The Kier molecular flexibility index (Phi) is 4.63. The molecule has 2 aliphatic rings. The predicted octanol–water partition coefficient (Wildman–Crippen LogP) is 5.01. The molecule has 3 aromatic rings. The van der Waals surface area contributed by atoms with Crippen LogP contribution >= 0.6 is 11.6 Å². The lowest BCUT2D eigenvalue weighted by Crippen LogP contribution is -2.32. The van der Waals surface area contributed by atoms with Crippen LogP contribution in [0.1, 0.15) is 39.4 Å². The van der Waals surface area contributed by atoms with Crippen molar-refractivity contribution in [3.05, 3.63) is 100 Å². The van der Waals surface area contributed by atoms with E-state index < -0.39 is 5.41 Å². The van der Waals surface area contributed by atoms with Gasteiger partial charge in [-0.3, -0.25) is 9.59 Å². The highest BCUT2D eigenvalue weighted by Gasteiger charge is 2.66. The van der Waals surface area contributed by atoms with Gasteiger partial charge in [0.1, 0.15) is 0 Å². The molecule has 31 heavy (non-hydrogen) atoms. The summed E-state index contributed by atoms with van der Waals surface area (Å²) in [5.74, 6) is 0.250. The standard InChI is InChI=1S/C26H23ClN2O2/c1-28(2)24(30)19-7-5-6-17(14-19)16-29-23-9-4-3-8-21(23)26(25(29)31)15-22(26)18-10-12-20(27)13-11-18/h3-14,22H,15-16H2,1-2H3/t22-,26-/m1/s1. The number of carbonyl (C=O) groups excluding carboxylic acids is 2. The highest BCUT2D eigenvalue weighted by molar-refractivity contribution is 6.30. The first-order valence-corrected chi connectivity index (χ1v) is 10.8. The summed E-state index contributed by atoms with van der Waals surface area (Å²) in [6, 6.07) is 23.4. The Balaban J connectivity index is 1.48. The summed E-state index contributed by atoms with van der Waals surface area (Å²) in [6.45, 7) is 0.444. The minimum Gasteiger partial charge on any atom is -0.345 e. The van der Waals surface area contributed by atoms with E-state index in [4.69, 9.17) is 11.6 Å². The quantitative estimate of drug-likeness (QED) is 0.583. The van der Waals surface area contributed by atoms with Crippen molar-refractivity contribution in [2.24, 2.45) is 0 Å². The van der Waals surface area contributed by atoms with Crippen molar-refractivity contribution in [1.82, 2.24) is 4.90 Å². The van der Waals surface area contributed by atoms with Crippen LogP contribution in [0.2, 0.25) is 5.02 Å². The minimum atomic E-state index is -0.499. The van der Waals surface area contributed by atoms with Crippen LogP contribution in [0.5, 0.6) is 0 Å². The lowest BCUT2D eigenvalue weighted by molar-refractivity contribution is -0.120. The fourth-order valence-corrected chi connectivity index (χ4v) is 4.97. The summed E-state index contributed by atoms with van der Waals surface area (Å²) in [7, 11) is 3.48. The zero-order valence-electron chi connectivity index (χ0n) is 17.5. The van der Waals surface area contributed by atoms with Gasteiger partial charge in [-0.2, -0.15) is 0 Å². The Labute approximate surface area is 187 Å². The van der Waals surface area contributed by atoms with Gasteiger partial charge in [0.15, 0.2) is 0 Å². The molecule has 2 amide bonds. The van der Waals surface area contributed by atoms with E-state index in [1.54, 1.807) is 19.0 Å². The van der Waals surface area contributed by atoms with Gasteiger partial charge >= 0.3 is 0 Å². The largest absolute Gasteiger partial charge is 0.345 e. The molecule has 1 spiro atoms. The molecule has 1 aliphatic heterocycles. The van der Waals surface area contributed by atoms with E-state index in [-0.39, 0.29) is 17.7 Å². The van der Waals surface area contributed by atoms with Gasteiger partial charge < -0.3 is 9.80 Å². The Morgan fingerprint density at radius 2 is 1.81 bits per heavy atom. The molecule has 0 radical (unpaired) electrons. The number of anilines is 1. The molecule has 5 rings (SSSR count). The molecule has 0 aromatic heterocycles. The number of hydrogen-bond donors (Lipinski definition) is 0.